The topological polar surface area (TPSA) is 91.3 Å². The van der Waals surface area contributed by atoms with Crippen LogP contribution in [0.5, 0.6) is 0 Å². The van der Waals surface area contributed by atoms with Crippen molar-refractivity contribution in [3.05, 3.63) is 81.3 Å². The maximum atomic E-state index is 13.2. The monoisotopic (exact) mass is 437 g/mol. The van der Waals surface area contributed by atoms with E-state index in [4.69, 9.17) is 0 Å². The second-order valence-corrected chi connectivity index (χ2v) is 7.83. The van der Waals surface area contributed by atoms with Gasteiger partial charge in [0.25, 0.3) is 5.91 Å². The van der Waals surface area contributed by atoms with Gasteiger partial charge in [-0.25, -0.2) is 9.07 Å². The summed E-state index contributed by atoms with van der Waals surface area (Å²) in [7, 11) is 0. The largest absolute Gasteiger partial charge is 0.339 e. The van der Waals surface area contributed by atoms with Crippen LogP contribution in [0, 0.1) is 19.7 Å². The Balaban J connectivity index is 1.40. The third-order valence-electron chi connectivity index (χ3n) is 5.79. The predicted molar refractivity (Wildman–Crippen MR) is 116 cm³/mol. The summed E-state index contributed by atoms with van der Waals surface area (Å²) in [5, 5.41) is 4.53. The smallest absolute Gasteiger partial charge is 0.255 e. The van der Waals surface area contributed by atoms with Gasteiger partial charge in [-0.2, -0.15) is 5.10 Å². The van der Waals surface area contributed by atoms with Crippen molar-refractivity contribution < 1.29 is 14.0 Å². The zero-order chi connectivity index (χ0) is 22.8. The Morgan fingerprint density at radius 1 is 1.00 bits per heavy atom. The number of nitrogens with one attached hydrogen (secondary N) is 1. The number of piperazine rings is 1. The molecule has 2 aromatic heterocycles. The van der Waals surface area contributed by atoms with Gasteiger partial charge in [0.1, 0.15) is 5.82 Å². The molecule has 0 spiro atoms. The average molecular weight is 437 g/mol. The van der Waals surface area contributed by atoms with Crippen molar-refractivity contribution in [1.29, 1.82) is 0 Å². The van der Waals surface area contributed by atoms with Gasteiger partial charge >= 0.3 is 0 Å². The first-order valence-corrected chi connectivity index (χ1v) is 10.4. The number of hydrogen-bond acceptors (Lipinski definition) is 4. The highest BCUT2D eigenvalue weighted by Gasteiger charge is 2.26. The zero-order valence-electron chi connectivity index (χ0n) is 18.0. The van der Waals surface area contributed by atoms with Crippen LogP contribution in [-0.2, 0) is 11.2 Å². The van der Waals surface area contributed by atoms with Crippen molar-refractivity contribution in [3.63, 3.8) is 0 Å². The SMILES string of the molecule is Cc1nn(-c2ccc(F)cc2)c(C)c1CC(=O)N1CCN(C(=O)c2ccc(=O)[nH]c2)CC1. The molecule has 0 radical (unpaired) electrons. The predicted octanol–water partition coefficient (Wildman–Crippen LogP) is 1.84. The number of carbonyl (C=O) groups is 2. The van der Waals surface area contributed by atoms with Crippen molar-refractivity contribution >= 4 is 11.8 Å². The Morgan fingerprint density at radius 2 is 1.66 bits per heavy atom. The molecule has 0 atom stereocenters. The molecule has 4 rings (SSSR count). The highest BCUT2D eigenvalue weighted by molar-refractivity contribution is 5.94. The molecule has 9 heteroatoms. The maximum absolute atomic E-state index is 13.2. The van der Waals surface area contributed by atoms with Gasteiger partial charge in [0.2, 0.25) is 11.5 Å². The Kier molecular flexibility index (Phi) is 5.89. The third kappa shape index (κ3) is 4.32. The molecule has 3 heterocycles. The number of pyridine rings is 1. The van der Waals surface area contributed by atoms with E-state index in [1.807, 2.05) is 13.8 Å². The Hall–Kier alpha value is -3.75. The van der Waals surface area contributed by atoms with Crippen LogP contribution in [0.3, 0.4) is 0 Å². The van der Waals surface area contributed by atoms with Gasteiger partial charge in [-0.15, -0.1) is 0 Å². The van der Waals surface area contributed by atoms with Gasteiger partial charge in [0.15, 0.2) is 0 Å². The summed E-state index contributed by atoms with van der Waals surface area (Å²) < 4.78 is 15.0. The van der Waals surface area contributed by atoms with Crippen LogP contribution in [0.4, 0.5) is 4.39 Å². The molecule has 1 N–H and O–H groups in total. The quantitative estimate of drug-likeness (QED) is 0.674. The summed E-state index contributed by atoms with van der Waals surface area (Å²) in [6.07, 6.45) is 1.62. The molecule has 1 fully saturated rings. The molecule has 1 aliphatic rings. The van der Waals surface area contributed by atoms with Gasteiger partial charge in [0.05, 0.1) is 23.4 Å². The average Bonchev–Trinajstić information content (AvgIpc) is 3.08. The molecule has 0 aliphatic carbocycles. The Bertz CT molecular complexity index is 1190. The summed E-state index contributed by atoms with van der Waals surface area (Å²) in [5.41, 5.74) is 3.35. The van der Waals surface area contributed by atoms with Crippen LogP contribution in [0.2, 0.25) is 0 Å². The Labute approximate surface area is 184 Å². The first-order chi connectivity index (χ1) is 15.3. The van der Waals surface area contributed by atoms with Crippen LogP contribution in [0.1, 0.15) is 27.3 Å². The molecule has 1 aliphatic heterocycles. The zero-order valence-corrected chi connectivity index (χ0v) is 18.0. The van der Waals surface area contributed by atoms with Crippen molar-refractivity contribution in [1.82, 2.24) is 24.6 Å². The molecule has 166 valence electrons. The van der Waals surface area contributed by atoms with Crippen molar-refractivity contribution in [2.24, 2.45) is 0 Å². The lowest BCUT2D eigenvalue weighted by molar-refractivity contribution is -0.131. The van der Waals surface area contributed by atoms with Crippen LogP contribution >= 0.6 is 0 Å². The molecular weight excluding hydrogens is 413 g/mol. The van der Waals surface area contributed by atoms with Gasteiger partial charge < -0.3 is 14.8 Å². The van der Waals surface area contributed by atoms with Crippen molar-refractivity contribution in [3.8, 4) is 5.69 Å². The van der Waals surface area contributed by atoms with Crippen molar-refractivity contribution in [2.45, 2.75) is 20.3 Å². The number of aryl methyl sites for hydroxylation is 1. The van der Waals surface area contributed by atoms with Crippen molar-refractivity contribution in [2.75, 3.05) is 26.2 Å². The maximum Gasteiger partial charge on any atom is 0.255 e. The number of aromatic nitrogens is 3. The number of aromatic amines is 1. The number of rotatable bonds is 4. The van der Waals surface area contributed by atoms with Gasteiger partial charge in [0, 0.05) is 49.7 Å². The molecule has 1 saturated heterocycles. The van der Waals surface area contributed by atoms with Crippen LogP contribution in [-0.4, -0.2) is 62.6 Å². The molecule has 0 saturated carbocycles. The molecule has 3 aromatic rings. The van der Waals surface area contributed by atoms with E-state index in [2.05, 4.69) is 10.1 Å². The lowest BCUT2D eigenvalue weighted by Crippen LogP contribution is -2.51. The third-order valence-corrected chi connectivity index (χ3v) is 5.79. The normalized spacial score (nSPS) is 14.0. The van der Waals surface area contributed by atoms with E-state index in [0.29, 0.717) is 31.7 Å². The summed E-state index contributed by atoms with van der Waals surface area (Å²) in [6.45, 7) is 5.49. The van der Waals surface area contributed by atoms with Gasteiger partial charge in [-0.05, 0) is 44.2 Å². The highest BCUT2D eigenvalue weighted by atomic mass is 19.1. The number of hydrogen-bond donors (Lipinski definition) is 1. The van der Waals surface area contributed by atoms with Gasteiger partial charge in [-0.1, -0.05) is 0 Å². The molecule has 32 heavy (non-hydrogen) atoms. The summed E-state index contributed by atoms with van der Waals surface area (Å²) in [5.74, 6) is -0.504. The van der Waals surface area contributed by atoms with Crippen LogP contribution < -0.4 is 5.56 Å². The fourth-order valence-electron chi connectivity index (χ4n) is 3.91. The van der Waals surface area contributed by atoms with E-state index < -0.39 is 0 Å². The summed E-state index contributed by atoms with van der Waals surface area (Å²) in [4.78, 5) is 42.7. The molecule has 2 amide bonds. The van der Waals surface area contributed by atoms with E-state index in [9.17, 15) is 18.8 Å². The van der Waals surface area contributed by atoms with E-state index in [-0.39, 0.29) is 29.6 Å². The highest BCUT2D eigenvalue weighted by Crippen LogP contribution is 2.20. The van der Waals surface area contributed by atoms with E-state index >= 15 is 0 Å². The Morgan fingerprint density at radius 3 is 2.28 bits per heavy atom. The first-order valence-electron chi connectivity index (χ1n) is 10.4. The fraction of sp³-hybridized carbons (Fsp3) is 0.304. The lowest BCUT2D eigenvalue weighted by Gasteiger charge is -2.35. The standard InChI is InChI=1S/C23H24FN5O3/c1-15-20(16(2)29(26-15)19-6-4-18(24)5-7-19)13-22(31)27-9-11-28(12-10-27)23(32)17-3-8-21(30)25-14-17/h3-8,14H,9-13H2,1-2H3,(H,25,30). The minimum Gasteiger partial charge on any atom is -0.339 e. The fourth-order valence-corrected chi connectivity index (χ4v) is 3.91. The molecule has 1 aromatic carbocycles. The van der Waals surface area contributed by atoms with Crippen LogP contribution in [0.15, 0.2) is 47.4 Å². The number of amides is 2. The lowest BCUT2D eigenvalue weighted by atomic mass is 10.1. The minimum absolute atomic E-state index is 0.0222. The second-order valence-electron chi connectivity index (χ2n) is 7.83. The number of carbonyl (C=O) groups excluding carboxylic acids is 2. The van der Waals surface area contributed by atoms with E-state index in [0.717, 1.165) is 22.6 Å². The van der Waals surface area contributed by atoms with E-state index in [1.165, 1.54) is 30.5 Å². The molecular formula is C23H24FN5O3. The second kappa shape index (κ2) is 8.78. The van der Waals surface area contributed by atoms with Gasteiger partial charge in [-0.3, -0.25) is 14.4 Å². The molecule has 0 bridgehead atoms. The minimum atomic E-state index is -0.316. The van der Waals surface area contributed by atoms with E-state index in [1.54, 1.807) is 26.6 Å². The number of halogens is 1. The summed E-state index contributed by atoms with van der Waals surface area (Å²) >= 11 is 0. The summed E-state index contributed by atoms with van der Waals surface area (Å²) in [6, 6.07) is 8.89. The number of nitrogens with zero attached hydrogens (tertiary/aromatic N) is 4. The number of benzene rings is 1. The molecule has 8 nitrogen and oxygen atoms in total. The molecule has 0 unspecified atom stereocenters. The van der Waals surface area contributed by atoms with Crippen LogP contribution in [0.25, 0.3) is 5.69 Å². The number of H-pyrrole nitrogens is 1. The first kappa shape index (κ1) is 21.5.